The summed E-state index contributed by atoms with van der Waals surface area (Å²) in [6.45, 7) is 9.49. The van der Waals surface area contributed by atoms with Gasteiger partial charge in [-0.2, -0.15) is 0 Å². The Kier molecular flexibility index (Phi) is 35.3. The third-order valence-corrected chi connectivity index (χ3v) is 15.9. The van der Waals surface area contributed by atoms with Crippen molar-refractivity contribution >= 4 is 7.26 Å². The SMILES string of the molecule is CCCCCCCCCCCCCCCC[PH](CCCC)(CCCC)CCCCCCCCCCCCCCCC. The van der Waals surface area contributed by atoms with Crippen molar-refractivity contribution in [2.24, 2.45) is 0 Å². The van der Waals surface area contributed by atoms with Gasteiger partial charge in [-0.3, -0.25) is 0 Å². The quantitative estimate of drug-likeness (QED) is 0.0498. The van der Waals surface area contributed by atoms with Gasteiger partial charge in [0.15, 0.2) is 0 Å². The van der Waals surface area contributed by atoms with Gasteiger partial charge < -0.3 is 0 Å². The van der Waals surface area contributed by atoms with E-state index < -0.39 is 7.26 Å². The van der Waals surface area contributed by atoms with E-state index in [0.717, 1.165) is 0 Å². The molecule has 0 atom stereocenters. The Morgan fingerprint density at radius 1 is 0.195 bits per heavy atom. The predicted molar refractivity (Wildman–Crippen MR) is 198 cm³/mol. The van der Waals surface area contributed by atoms with Crippen LogP contribution in [-0.2, 0) is 0 Å². The van der Waals surface area contributed by atoms with Crippen LogP contribution in [0.2, 0.25) is 0 Å². The molecule has 41 heavy (non-hydrogen) atoms. The summed E-state index contributed by atoms with van der Waals surface area (Å²) >= 11 is 0. The Hall–Kier alpha value is 0.430. The molecule has 0 saturated heterocycles. The molecule has 0 unspecified atom stereocenters. The average Bonchev–Trinajstić information content (AvgIpc) is 2.99. The maximum absolute atomic E-state index is 2.43. The molecule has 0 radical (unpaired) electrons. The Balaban J connectivity index is 3.98. The molecule has 0 aliphatic carbocycles. The van der Waals surface area contributed by atoms with Gasteiger partial charge in [-0.25, -0.2) is 0 Å². The molecular weight excluding hydrogens is 511 g/mol. The van der Waals surface area contributed by atoms with Gasteiger partial charge in [-0.15, -0.1) is 0 Å². The molecule has 0 spiro atoms. The molecule has 0 aromatic carbocycles. The molecule has 0 amide bonds. The van der Waals surface area contributed by atoms with Crippen LogP contribution in [0.3, 0.4) is 0 Å². The smallest absolute Gasteiger partial charge is 0.0654 e. The number of hydrogen-bond donors (Lipinski definition) is 0. The predicted octanol–water partition coefficient (Wildman–Crippen LogP) is 15.3. The number of rotatable bonds is 36. The van der Waals surface area contributed by atoms with Gasteiger partial charge in [0.1, 0.15) is 0 Å². The summed E-state index contributed by atoms with van der Waals surface area (Å²) in [7, 11) is -1.04. The van der Waals surface area contributed by atoms with Gasteiger partial charge in [0.25, 0.3) is 0 Å². The molecule has 0 aromatic heterocycles. The Bertz CT molecular complexity index is 416. The van der Waals surface area contributed by atoms with Crippen LogP contribution in [0.15, 0.2) is 0 Å². The van der Waals surface area contributed by atoms with E-state index in [1.54, 1.807) is 37.5 Å². The molecule has 0 rings (SSSR count). The molecule has 0 heterocycles. The molecule has 0 nitrogen and oxygen atoms in total. The van der Waals surface area contributed by atoms with Crippen LogP contribution in [0.4, 0.5) is 0 Å². The van der Waals surface area contributed by atoms with Crippen molar-refractivity contribution < 1.29 is 0 Å². The van der Waals surface area contributed by atoms with Crippen LogP contribution < -0.4 is 0 Å². The Morgan fingerprint density at radius 2 is 0.366 bits per heavy atom. The van der Waals surface area contributed by atoms with Gasteiger partial charge in [-0.1, -0.05) is 52.4 Å². The summed E-state index contributed by atoms with van der Waals surface area (Å²) in [6, 6.07) is 0. The van der Waals surface area contributed by atoms with Gasteiger partial charge in [0.2, 0.25) is 0 Å². The first kappa shape index (κ1) is 41.4. The Labute approximate surface area is 264 Å². The van der Waals surface area contributed by atoms with Crippen molar-refractivity contribution in [1.82, 2.24) is 0 Å². The van der Waals surface area contributed by atoms with Gasteiger partial charge in [-0.05, 0) is 0 Å². The van der Waals surface area contributed by atoms with E-state index >= 15 is 0 Å². The summed E-state index contributed by atoms with van der Waals surface area (Å²) in [5.74, 6) is 0. The standard InChI is InChI=1S/C40H85P/c1-5-9-13-15-17-19-21-23-25-27-29-31-33-35-39-41(37-11-7-3,38-12-8-4)40-36-34-32-30-28-26-24-22-20-18-16-14-10-6-2/h41H,5-40H2,1-4H3. The fourth-order valence-electron chi connectivity index (χ4n) is 7.24. The maximum atomic E-state index is 2.43. The molecule has 1 heteroatoms. The summed E-state index contributed by atoms with van der Waals surface area (Å²) in [5.41, 5.74) is 0. The first-order valence-electron chi connectivity index (χ1n) is 20.2. The van der Waals surface area contributed by atoms with Gasteiger partial charge in [0, 0.05) is 0 Å². The minimum absolute atomic E-state index is 1.04. The van der Waals surface area contributed by atoms with Crippen LogP contribution >= 0.6 is 7.26 Å². The summed E-state index contributed by atoms with van der Waals surface area (Å²) < 4.78 is 0. The topological polar surface area (TPSA) is 0 Å². The number of hydrogen-bond acceptors (Lipinski definition) is 0. The van der Waals surface area contributed by atoms with Crippen molar-refractivity contribution in [2.45, 2.75) is 233 Å². The minimum Gasteiger partial charge on any atom is -0.0654 e. The normalized spacial score (nSPS) is 12.4. The van der Waals surface area contributed by atoms with E-state index in [9.17, 15) is 0 Å². The zero-order chi connectivity index (χ0) is 30.0. The van der Waals surface area contributed by atoms with Crippen molar-refractivity contribution in [3.05, 3.63) is 0 Å². The van der Waals surface area contributed by atoms with E-state index in [2.05, 4.69) is 27.7 Å². The van der Waals surface area contributed by atoms with Crippen molar-refractivity contribution in [2.75, 3.05) is 24.6 Å². The van der Waals surface area contributed by atoms with E-state index in [4.69, 9.17) is 0 Å². The van der Waals surface area contributed by atoms with Crippen LogP contribution in [0, 0.1) is 0 Å². The fraction of sp³-hybridized carbons (Fsp3) is 1.00. The third-order valence-electron chi connectivity index (χ3n) is 10.2. The van der Waals surface area contributed by atoms with Crippen molar-refractivity contribution in [3.8, 4) is 0 Å². The molecular formula is C40H85P. The molecule has 0 fully saturated rings. The molecule has 250 valence electrons. The molecule has 0 aliphatic rings. The summed E-state index contributed by atoms with van der Waals surface area (Å²) in [6.07, 6.45) is 54.2. The van der Waals surface area contributed by atoms with E-state index in [1.165, 1.54) is 193 Å². The van der Waals surface area contributed by atoms with Gasteiger partial charge >= 0.3 is 213 Å². The first-order valence-corrected chi connectivity index (χ1v) is 23.1. The Morgan fingerprint density at radius 3 is 0.585 bits per heavy atom. The zero-order valence-corrected chi connectivity index (χ0v) is 31.0. The second-order valence-electron chi connectivity index (χ2n) is 14.4. The van der Waals surface area contributed by atoms with Crippen molar-refractivity contribution in [1.29, 1.82) is 0 Å². The van der Waals surface area contributed by atoms with Crippen molar-refractivity contribution in [3.63, 3.8) is 0 Å². The summed E-state index contributed by atoms with van der Waals surface area (Å²) in [4.78, 5) is 0. The second kappa shape index (κ2) is 34.9. The van der Waals surface area contributed by atoms with Gasteiger partial charge in [0.05, 0.1) is 0 Å². The first-order chi connectivity index (χ1) is 20.2. The molecule has 0 bridgehead atoms. The zero-order valence-electron chi connectivity index (χ0n) is 30.0. The van der Waals surface area contributed by atoms with Crippen LogP contribution in [0.25, 0.3) is 0 Å². The minimum atomic E-state index is -1.04. The van der Waals surface area contributed by atoms with Crippen LogP contribution in [-0.4, -0.2) is 24.6 Å². The molecule has 0 N–H and O–H groups in total. The number of unbranched alkanes of at least 4 members (excludes halogenated alkanes) is 28. The van der Waals surface area contributed by atoms with E-state index in [1.807, 2.05) is 0 Å². The van der Waals surface area contributed by atoms with Crippen LogP contribution in [0.5, 0.6) is 0 Å². The monoisotopic (exact) mass is 597 g/mol. The average molecular weight is 597 g/mol. The second-order valence-corrected chi connectivity index (χ2v) is 19.4. The van der Waals surface area contributed by atoms with Crippen LogP contribution in [0.1, 0.15) is 233 Å². The van der Waals surface area contributed by atoms with E-state index in [0.29, 0.717) is 0 Å². The fourth-order valence-corrected chi connectivity index (χ4v) is 12.9. The third kappa shape index (κ3) is 30.2. The molecule has 0 aliphatic heterocycles. The molecule has 0 aromatic rings. The summed E-state index contributed by atoms with van der Waals surface area (Å²) in [5, 5.41) is 0. The van der Waals surface area contributed by atoms with E-state index in [-0.39, 0.29) is 0 Å². The molecule has 0 saturated carbocycles.